The van der Waals surface area contributed by atoms with Gasteiger partial charge in [0.25, 0.3) is 0 Å². The molecule has 1 atom stereocenters. The molecule has 1 heterocycles. The molecule has 1 aromatic carbocycles. The highest BCUT2D eigenvalue weighted by Gasteiger charge is 2.38. The minimum atomic E-state index is -0.287. The maximum Gasteiger partial charge on any atom is 0.153 e. The minimum absolute atomic E-state index is 0.287. The van der Waals surface area contributed by atoms with Crippen molar-refractivity contribution in [2.75, 3.05) is 13.1 Å². The van der Waals surface area contributed by atoms with E-state index in [1.54, 1.807) is 0 Å². The molecule has 1 fully saturated rings. The number of nitrogens with zero attached hydrogens (tertiary/aromatic N) is 1. The molecule has 1 aromatic rings. The Kier molecular flexibility index (Phi) is 3.68. The third kappa shape index (κ3) is 2.42. The first-order valence-electron chi connectivity index (χ1n) is 7.95. The number of piperidine rings is 1. The van der Waals surface area contributed by atoms with Gasteiger partial charge in [-0.25, -0.2) is 0 Å². The maximum atomic E-state index is 12.7. The number of Topliss-reactive ketones (excluding diaryl/α,β-unsaturated/α-hetero) is 1. The summed E-state index contributed by atoms with van der Waals surface area (Å²) in [6.07, 6.45) is 5.58. The van der Waals surface area contributed by atoms with Crippen molar-refractivity contribution in [3.05, 3.63) is 35.4 Å². The van der Waals surface area contributed by atoms with Gasteiger partial charge in [0.2, 0.25) is 0 Å². The molecule has 1 saturated heterocycles. The Morgan fingerprint density at radius 3 is 2.60 bits per heavy atom. The van der Waals surface area contributed by atoms with Crippen LogP contribution in [0.1, 0.15) is 56.6 Å². The molecule has 2 aliphatic rings. The van der Waals surface area contributed by atoms with E-state index in [1.165, 1.54) is 30.4 Å². The summed E-state index contributed by atoms with van der Waals surface area (Å²) in [5, 5.41) is 0. The molecular formula is C18H25NO. The van der Waals surface area contributed by atoms with Crippen LogP contribution >= 0.6 is 0 Å². The van der Waals surface area contributed by atoms with Crippen LogP contribution in [0.5, 0.6) is 0 Å². The zero-order valence-corrected chi connectivity index (χ0v) is 12.7. The fraction of sp³-hybridized carbons (Fsp3) is 0.611. The molecule has 1 unspecified atom stereocenters. The first-order valence-corrected chi connectivity index (χ1v) is 7.95. The summed E-state index contributed by atoms with van der Waals surface area (Å²) in [6.45, 7) is 6.40. The summed E-state index contributed by atoms with van der Waals surface area (Å²) in [6, 6.07) is 8.55. The van der Waals surface area contributed by atoms with Gasteiger partial charge < -0.3 is 0 Å². The summed E-state index contributed by atoms with van der Waals surface area (Å²) < 4.78 is 0. The van der Waals surface area contributed by atoms with Crippen LogP contribution in [-0.2, 0) is 11.2 Å². The molecule has 2 nitrogen and oxygen atoms in total. The Bertz CT molecular complexity index is 500. The third-order valence-corrected chi connectivity index (χ3v) is 5.22. The van der Waals surface area contributed by atoms with Crippen LogP contribution in [0.15, 0.2) is 24.3 Å². The number of ketones is 1. The Morgan fingerprint density at radius 1 is 1.20 bits per heavy atom. The zero-order chi connectivity index (χ0) is 14.2. The van der Waals surface area contributed by atoms with E-state index in [1.807, 2.05) is 0 Å². The van der Waals surface area contributed by atoms with Crippen molar-refractivity contribution in [1.82, 2.24) is 4.90 Å². The van der Waals surface area contributed by atoms with E-state index >= 15 is 0 Å². The maximum absolute atomic E-state index is 12.7. The smallest absolute Gasteiger partial charge is 0.153 e. The summed E-state index contributed by atoms with van der Waals surface area (Å²) in [5.41, 5.74) is 2.54. The van der Waals surface area contributed by atoms with Gasteiger partial charge in [-0.1, -0.05) is 30.7 Å². The van der Waals surface area contributed by atoms with Crippen molar-refractivity contribution < 1.29 is 4.79 Å². The molecule has 0 N–H and O–H groups in total. The number of benzene rings is 1. The van der Waals surface area contributed by atoms with E-state index < -0.39 is 0 Å². The van der Waals surface area contributed by atoms with Crippen molar-refractivity contribution in [2.24, 2.45) is 0 Å². The first-order chi connectivity index (χ1) is 9.59. The summed E-state index contributed by atoms with van der Waals surface area (Å²) in [7, 11) is 0. The van der Waals surface area contributed by atoms with E-state index in [0.717, 1.165) is 19.5 Å². The predicted molar refractivity (Wildman–Crippen MR) is 82.0 cm³/mol. The number of hydrogen-bond donors (Lipinski definition) is 0. The quantitative estimate of drug-likeness (QED) is 0.834. The molecule has 20 heavy (non-hydrogen) atoms. The van der Waals surface area contributed by atoms with Gasteiger partial charge in [0.15, 0.2) is 5.78 Å². The second-order valence-electron chi connectivity index (χ2n) is 6.83. The van der Waals surface area contributed by atoms with Gasteiger partial charge in [0, 0.05) is 6.42 Å². The Balaban J connectivity index is 1.65. The highest BCUT2D eigenvalue weighted by Crippen LogP contribution is 2.38. The van der Waals surface area contributed by atoms with Crippen LogP contribution in [0.25, 0.3) is 0 Å². The normalized spacial score (nSPS) is 23.0. The van der Waals surface area contributed by atoms with Crippen LogP contribution in [0.3, 0.4) is 0 Å². The molecule has 0 amide bonds. The SMILES string of the molecule is CC(C)(C(=O)CC1Cc2ccccc21)N1CCCCC1. The van der Waals surface area contributed by atoms with Crippen molar-refractivity contribution in [3.63, 3.8) is 0 Å². The number of rotatable bonds is 4. The fourth-order valence-corrected chi connectivity index (χ4v) is 3.65. The van der Waals surface area contributed by atoms with Gasteiger partial charge in [0.05, 0.1) is 5.54 Å². The van der Waals surface area contributed by atoms with Crippen molar-refractivity contribution >= 4 is 5.78 Å². The largest absolute Gasteiger partial charge is 0.298 e. The average Bonchev–Trinajstić information content (AvgIpc) is 2.45. The van der Waals surface area contributed by atoms with Gasteiger partial charge in [0.1, 0.15) is 0 Å². The van der Waals surface area contributed by atoms with E-state index in [0.29, 0.717) is 18.1 Å². The highest BCUT2D eigenvalue weighted by atomic mass is 16.1. The lowest BCUT2D eigenvalue weighted by Crippen LogP contribution is -2.52. The first kappa shape index (κ1) is 13.8. The van der Waals surface area contributed by atoms with Gasteiger partial charge in [-0.05, 0) is 63.2 Å². The number of carbonyl (C=O) groups is 1. The van der Waals surface area contributed by atoms with Crippen LogP contribution in [0.2, 0.25) is 0 Å². The van der Waals surface area contributed by atoms with E-state index in [2.05, 4.69) is 43.0 Å². The molecule has 108 valence electrons. The highest BCUT2D eigenvalue weighted by molar-refractivity contribution is 5.88. The predicted octanol–water partition coefficient (Wildman–Crippen LogP) is 3.55. The van der Waals surface area contributed by atoms with Crippen LogP contribution in [-0.4, -0.2) is 29.3 Å². The van der Waals surface area contributed by atoms with Gasteiger partial charge in [-0.2, -0.15) is 0 Å². The topological polar surface area (TPSA) is 20.3 Å². The molecule has 0 saturated carbocycles. The molecule has 0 radical (unpaired) electrons. The molecule has 2 heteroatoms. The zero-order valence-electron chi connectivity index (χ0n) is 12.7. The number of fused-ring (bicyclic) bond motifs is 1. The summed E-state index contributed by atoms with van der Waals surface area (Å²) in [4.78, 5) is 15.1. The molecular weight excluding hydrogens is 246 g/mol. The van der Waals surface area contributed by atoms with Gasteiger partial charge in [-0.15, -0.1) is 0 Å². The Morgan fingerprint density at radius 2 is 1.90 bits per heavy atom. The number of hydrogen-bond acceptors (Lipinski definition) is 2. The van der Waals surface area contributed by atoms with E-state index in [4.69, 9.17) is 0 Å². The summed E-state index contributed by atoms with van der Waals surface area (Å²) in [5.74, 6) is 0.877. The molecule has 0 spiro atoms. The van der Waals surface area contributed by atoms with Gasteiger partial charge in [-0.3, -0.25) is 9.69 Å². The standard InChI is InChI=1S/C18H25NO/c1-18(2,19-10-6-3-7-11-19)17(20)13-15-12-14-8-4-5-9-16(14)15/h4-5,8-9,15H,3,6-7,10-13H2,1-2H3. The molecule has 3 rings (SSSR count). The lowest BCUT2D eigenvalue weighted by molar-refractivity contribution is -0.130. The molecule has 0 aromatic heterocycles. The van der Waals surface area contributed by atoms with Crippen molar-refractivity contribution in [3.8, 4) is 0 Å². The van der Waals surface area contributed by atoms with Crippen LogP contribution in [0, 0.1) is 0 Å². The minimum Gasteiger partial charge on any atom is -0.298 e. The van der Waals surface area contributed by atoms with Crippen molar-refractivity contribution in [1.29, 1.82) is 0 Å². The van der Waals surface area contributed by atoms with Crippen molar-refractivity contribution in [2.45, 2.75) is 57.4 Å². The molecule has 0 bridgehead atoms. The second kappa shape index (κ2) is 5.33. The Labute approximate surface area is 122 Å². The lowest BCUT2D eigenvalue weighted by Gasteiger charge is -2.41. The van der Waals surface area contributed by atoms with Crippen LogP contribution < -0.4 is 0 Å². The third-order valence-electron chi connectivity index (χ3n) is 5.22. The Hall–Kier alpha value is -1.15. The van der Waals surface area contributed by atoms with E-state index in [9.17, 15) is 4.79 Å². The second-order valence-corrected chi connectivity index (χ2v) is 6.83. The monoisotopic (exact) mass is 271 g/mol. The number of likely N-dealkylation sites (tertiary alicyclic amines) is 1. The fourth-order valence-electron chi connectivity index (χ4n) is 3.65. The number of carbonyl (C=O) groups excluding carboxylic acids is 1. The average molecular weight is 271 g/mol. The van der Waals surface area contributed by atoms with Crippen LogP contribution in [0.4, 0.5) is 0 Å². The lowest BCUT2D eigenvalue weighted by atomic mass is 9.73. The van der Waals surface area contributed by atoms with Gasteiger partial charge >= 0.3 is 0 Å². The molecule has 1 aliphatic carbocycles. The molecule has 1 aliphatic heterocycles. The summed E-state index contributed by atoms with van der Waals surface area (Å²) >= 11 is 0. The van der Waals surface area contributed by atoms with E-state index in [-0.39, 0.29) is 5.54 Å².